The van der Waals surface area contributed by atoms with Crippen molar-refractivity contribution in [1.82, 2.24) is 5.32 Å². The normalized spacial score (nSPS) is 18.4. The van der Waals surface area contributed by atoms with Crippen LogP contribution >= 0.6 is 0 Å². The summed E-state index contributed by atoms with van der Waals surface area (Å²) in [6.45, 7) is 2.15. The van der Waals surface area contributed by atoms with Crippen molar-refractivity contribution >= 4 is 5.57 Å². The van der Waals surface area contributed by atoms with Crippen LogP contribution in [0.3, 0.4) is 0 Å². The molecule has 0 radical (unpaired) electrons. The van der Waals surface area contributed by atoms with Crippen LogP contribution in [0.2, 0.25) is 0 Å². The first-order chi connectivity index (χ1) is 13.9. The van der Waals surface area contributed by atoms with Crippen molar-refractivity contribution in [2.45, 2.75) is 6.61 Å². The molecule has 0 bridgehead atoms. The Morgan fingerprint density at radius 1 is 1.10 bits per heavy atom. The van der Waals surface area contributed by atoms with Gasteiger partial charge in [-0.15, -0.1) is 0 Å². The summed E-state index contributed by atoms with van der Waals surface area (Å²) in [6.07, 6.45) is 0. The fourth-order valence-electron chi connectivity index (χ4n) is 4.09. The van der Waals surface area contributed by atoms with Gasteiger partial charge in [-0.1, -0.05) is 12.1 Å². The molecule has 0 saturated carbocycles. The van der Waals surface area contributed by atoms with E-state index < -0.39 is 6.61 Å². The Labute approximate surface area is 168 Å². The SMILES string of the molecule is C[N+]1(CC2=C(c3ccc(F)cc3)c3cc(OC(F)F)ccc3OC2)CCNCC1. The highest BCUT2D eigenvalue weighted by Crippen LogP contribution is 2.40. The minimum absolute atomic E-state index is 0.0748. The van der Waals surface area contributed by atoms with Gasteiger partial charge < -0.3 is 19.3 Å². The van der Waals surface area contributed by atoms with Crippen LogP contribution in [0.25, 0.3) is 5.57 Å². The maximum Gasteiger partial charge on any atom is 0.387 e. The van der Waals surface area contributed by atoms with Crippen LogP contribution in [0.15, 0.2) is 48.0 Å². The van der Waals surface area contributed by atoms with E-state index in [0.717, 1.165) is 53.9 Å². The Morgan fingerprint density at radius 3 is 2.52 bits per heavy atom. The van der Waals surface area contributed by atoms with Gasteiger partial charge in [0.1, 0.15) is 30.5 Å². The van der Waals surface area contributed by atoms with Gasteiger partial charge in [-0.25, -0.2) is 4.39 Å². The molecule has 4 nitrogen and oxygen atoms in total. The molecule has 154 valence electrons. The molecule has 4 rings (SSSR count). The van der Waals surface area contributed by atoms with Crippen molar-refractivity contribution in [2.75, 3.05) is 46.4 Å². The number of halogens is 3. The van der Waals surface area contributed by atoms with Gasteiger partial charge >= 0.3 is 6.61 Å². The zero-order chi connectivity index (χ0) is 20.4. The topological polar surface area (TPSA) is 30.5 Å². The van der Waals surface area contributed by atoms with Crippen molar-refractivity contribution in [1.29, 1.82) is 0 Å². The number of hydrogen-bond donors (Lipinski definition) is 1. The number of fused-ring (bicyclic) bond motifs is 1. The zero-order valence-corrected chi connectivity index (χ0v) is 16.3. The fourth-order valence-corrected chi connectivity index (χ4v) is 4.09. The second kappa shape index (κ2) is 8.08. The van der Waals surface area contributed by atoms with E-state index >= 15 is 0 Å². The van der Waals surface area contributed by atoms with Gasteiger partial charge in [0, 0.05) is 29.8 Å². The summed E-state index contributed by atoms with van der Waals surface area (Å²) in [5, 5.41) is 3.38. The highest BCUT2D eigenvalue weighted by molar-refractivity contribution is 5.86. The van der Waals surface area contributed by atoms with Gasteiger partial charge in [-0.05, 0) is 35.9 Å². The lowest BCUT2D eigenvalue weighted by atomic mass is 9.90. The highest BCUT2D eigenvalue weighted by atomic mass is 19.3. The van der Waals surface area contributed by atoms with Crippen molar-refractivity contribution < 1.29 is 27.1 Å². The second-order valence-corrected chi connectivity index (χ2v) is 7.79. The van der Waals surface area contributed by atoms with E-state index in [1.54, 1.807) is 24.3 Å². The number of piperazine rings is 1. The molecule has 1 saturated heterocycles. The molecule has 29 heavy (non-hydrogen) atoms. The number of rotatable bonds is 5. The van der Waals surface area contributed by atoms with E-state index in [-0.39, 0.29) is 11.6 Å². The van der Waals surface area contributed by atoms with Crippen molar-refractivity contribution in [2.24, 2.45) is 0 Å². The molecule has 0 aliphatic carbocycles. The van der Waals surface area contributed by atoms with Crippen LogP contribution < -0.4 is 14.8 Å². The van der Waals surface area contributed by atoms with Crippen LogP contribution in [0.1, 0.15) is 11.1 Å². The van der Waals surface area contributed by atoms with Gasteiger partial charge in [0.15, 0.2) is 0 Å². The minimum Gasteiger partial charge on any atom is -0.488 e. The van der Waals surface area contributed by atoms with Gasteiger partial charge in [0.2, 0.25) is 0 Å². The summed E-state index contributed by atoms with van der Waals surface area (Å²) < 4.78 is 50.4. The number of nitrogens with zero attached hydrogens (tertiary/aromatic N) is 1. The van der Waals surface area contributed by atoms with Gasteiger partial charge in [0.05, 0.1) is 20.1 Å². The molecule has 0 amide bonds. The van der Waals surface area contributed by atoms with Crippen LogP contribution in [0.4, 0.5) is 13.2 Å². The van der Waals surface area contributed by atoms with E-state index in [0.29, 0.717) is 17.9 Å². The Kier molecular flexibility index (Phi) is 5.52. The number of nitrogens with one attached hydrogen (secondary N) is 1. The molecule has 2 heterocycles. The molecule has 2 aliphatic rings. The third-order valence-corrected chi connectivity index (χ3v) is 5.56. The standard InChI is InChI=1S/C22H24F3N2O2/c1-27(10-8-26-9-11-27)13-16-14-28-20-7-6-18(29-22(24)25)12-19(20)21(16)15-2-4-17(23)5-3-15/h2-7,12,22,26H,8-11,13-14H2,1H3/q+1. The first kappa shape index (κ1) is 19.8. The number of ether oxygens (including phenoxy) is 2. The average molecular weight is 405 g/mol. The molecular formula is C22H24F3N2O2+. The van der Waals surface area contributed by atoms with E-state index in [4.69, 9.17) is 4.74 Å². The first-order valence-corrected chi connectivity index (χ1v) is 9.68. The first-order valence-electron chi connectivity index (χ1n) is 9.68. The van der Waals surface area contributed by atoms with E-state index in [9.17, 15) is 13.2 Å². The van der Waals surface area contributed by atoms with E-state index in [1.807, 2.05) is 0 Å². The largest absolute Gasteiger partial charge is 0.488 e. The molecule has 2 aliphatic heterocycles. The third-order valence-electron chi connectivity index (χ3n) is 5.56. The molecule has 7 heteroatoms. The van der Waals surface area contributed by atoms with Crippen molar-refractivity contribution in [3.63, 3.8) is 0 Å². The van der Waals surface area contributed by atoms with Gasteiger partial charge in [-0.2, -0.15) is 8.78 Å². The monoisotopic (exact) mass is 405 g/mol. The summed E-state index contributed by atoms with van der Waals surface area (Å²) in [6, 6.07) is 11.0. The van der Waals surface area contributed by atoms with Crippen LogP contribution in [-0.4, -0.2) is 57.5 Å². The summed E-state index contributed by atoms with van der Waals surface area (Å²) in [5.41, 5.74) is 3.51. The summed E-state index contributed by atoms with van der Waals surface area (Å²) in [7, 11) is 2.21. The Balaban J connectivity index is 1.80. The Morgan fingerprint density at radius 2 is 1.83 bits per heavy atom. The van der Waals surface area contributed by atoms with Crippen molar-refractivity contribution in [3.05, 3.63) is 65.0 Å². The number of benzene rings is 2. The molecule has 0 aromatic heterocycles. The van der Waals surface area contributed by atoms with Gasteiger partial charge in [-0.3, -0.25) is 0 Å². The van der Waals surface area contributed by atoms with Crippen molar-refractivity contribution in [3.8, 4) is 11.5 Å². The predicted octanol–water partition coefficient (Wildman–Crippen LogP) is 3.67. The molecule has 0 unspecified atom stereocenters. The lowest BCUT2D eigenvalue weighted by Gasteiger charge is -2.40. The van der Waals surface area contributed by atoms with Crippen LogP contribution in [-0.2, 0) is 0 Å². The predicted molar refractivity (Wildman–Crippen MR) is 105 cm³/mol. The average Bonchev–Trinajstić information content (AvgIpc) is 2.68. The van der Waals surface area contributed by atoms with E-state index in [2.05, 4.69) is 17.1 Å². The highest BCUT2D eigenvalue weighted by Gasteiger charge is 2.31. The minimum atomic E-state index is -2.90. The summed E-state index contributed by atoms with van der Waals surface area (Å²) in [4.78, 5) is 0. The Bertz CT molecular complexity index is 907. The third kappa shape index (κ3) is 4.41. The molecule has 1 N–H and O–H groups in total. The number of likely N-dealkylation sites (N-methyl/N-ethyl adjacent to an activating group) is 1. The second-order valence-electron chi connectivity index (χ2n) is 7.79. The molecule has 0 spiro atoms. The number of hydrogen-bond acceptors (Lipinski definition) is 3. The van der Waals surface area contributed by atoms with Crippen LogP contribution in [0, 0.1) is 5.82 Å². The van der Waals surface area contributed by atoms with Gasteiger partial charge in [0.25, 0.3) is 0 Å². The summed E-state index contributed by atoms with van der Waals surface area (Å²) in [5.74, 6) is 0.363. The molecule has 2 aromatic rings. The number of quaternary nitrogens is 1. The quantitative estimate of drug-likeness (QED) is 0.770. The smallest absolute Gasteiger partial charge is 0.387 e. The lowest BCUT2D eigenvalue weighted by molar-refractivity contribution is -0.906. The maximum absolute atomic E-state index is 13.5. The molecule has 2 aromatic carbocycles. The molecule has 1 fully saturated rings. The van der Waals surface area contributed by atoms with Crippen LogP contribution in [0.5, 0.6) is 11.5 Å². The van der Waals surface area contributed by atoms with E-state index in [1.165, 1.54) is 18.2 Å². The molecule has 0 atom stereocenters. The lowest BCUT2D eigenvalue weighted by Crippen LogP contribution is -2.57. The number of alkyl halides is 2. The summed E-state index contributed by atoms with van der Waals surface area (Å²) >= 11 is 0. The zero-order valence-electron chi connectivity index (χ0n) is 16.3. The maximum atomic E-state index is 13.5. The Hall–Kier alpha value is -2.51. The fraction of sp³-hybridized carbons (Fsp3) is 0.364. The molecular weight excluding hydrogens is 381 g/mol.